The van der Waals surface area contributed by atoms with Gasteiger partial charge in [-0.05, 0) is 18.1 Å². The van der Waals surface area contributed by atoms with Gasteiger partial charge < -0.3 is 10.8 Å². The highest BCUT2D eigenvalue weighted by molar-refractivity contribution is 6.35. The van der Waals surface area contributed by atoms with Crippen molar-refractivity contribution in [1.82, 2.24) is 0 Å². The SMILES string of the molecule is CCC(C)[C@H](N)c1c(O)cc(Cl)cc1Cl. The number of hydrogen-bond acceptors (Lipinski definition) is 2. The molecular formula is C11H15Cl2NO. The van der Waals surface area contributed by atoms with Crippen LogP contribution in [0.15, 0.2) is 12.1 Å². The summed E-state index contributed by atoms with van der Waals surface area (Å²) in [5.74, 6) is 0.329. The first-order valence-electron chi connectivity index (χ1n) is 4.90. The Morgan fingerprint density at radius 2 is 2.00 bits per heavy atom. The third-order valence-corrected chi connectivity index (χ3v) is 3.19. The van der Waals surface area contributed by atoms with Gasteiger partial charge in [0.25, 0.3) is 0 Å². The van der Waals surface area contributed by atoms with Crippen LogP contribution in [0.5, 0.6) is 5.75 Å². The molecule has 0 aliphatic heterocycles. The maximum Gasteiger partial charge on any atom is 0.123 e. The van der Waals surface area contributed by atoms with Gasteiger partial charge in [0.1, 0.15) is 5.75 Å². The predicted molar refractivity (Wildman–Crippen MR) is 64.5 cm³/mol. The molecule has 1 rings (SSSR count). The Morgan fingerprint density at radius 3 is 2.47 bits per heavy atom. The van der Waals surface area contributed by atoms with E-state index < -0.39 is 0 Å². The minimum Gasteiger partial charge on any atom is -0.508 e. The molecule has 1 aromatic carbocycles. The van der Waals surface area contributed by atoms with Crippen LogP contribution < -0.4 is 5.73 Å². The lowest BCUT2D eigenvalue weighted by molar-refractivity contribution is 0.419. The Morgan fingerprint density at radius 1 is 1.40 bits per heavy atom. The fourth-order valence-corrected chi connectivity index (χ4v) is 2.05. The average Bonchev–Trinajstić information content (AvgIpc) is 2.14. The molecule has 1 unspecified atom stereocenters. The van der Waals surface area contributed by atoms with E-state index >= 15 is 0 Å². The summed E-state index contributed by atoms with van der Waals surface area (Å²) < 4.78 is 0. The monoisotopic (exact) mass is 247 g/mol. The number of aromatic hydroxyl groups is 1. The van der Waals surface area contributed by atoms with Crippen LogP contribution in [-0.2, 0) is 0 Å². The van der Waals surface area contributed by atoms with Crippen molar-refractivity contribution in [2.75, 3.05) is 0 Å². The average molecular weight is 248 g/mol. The van der Waals surface area contributed by atoms with Gasteiger partial charge in [0.2, 0.25) is 0 Å². The van der Waals surface area contributed by atoms with Crippen molar-refractivity contribution < 1.29 is 5.11 Å². The minimum atomic E-state index is -0.264. The van der Waals surface area contributed by atoms with Gasteiger partial charge in [-0.1, -0.05) is 43.5 Å². The van der Waals surface area contributed by atoms with Crippen molar-refractivity contribution in [2.24, 2.45) is 11.7 Å². The molecule has 0 spiro atoms. The lowest BCUT2D eigenvalue weighted by Gasteiger charge is -2.21. The summed E-state index contributed by atoms with van der Waals surface area (Å²) in [4.78, 5) is 0. The zero-order valence-electron chi connectivity index (χ0n) is 8.80. The van der Waals surface area contributed by atoms with Crippen LogP contribution in [0.3, 0.4) is 0 Å². The molecule has 0 aromatic heterocycles. The van der Waals surface area contributed by atoms with Crippen LogP contribution in [0.1, 0.15) is 31.9 Å². The van der Waals surface area contributed by atoms with Gasteiger partial charge in [0.05, 0.1) is 5.02 Å². The molecule has 0 saturated carbocycles. The molecule has 0 heterocycles. The first-order valence-corrected chi connectivity index (χ1v) is 5.66. The van der Waals surface area contributed by atoms with Gasteiger partial charge in [-0.15, -0.1) is 0 Å². The van der Waals surface area contributed by atoms with Crippen molar-refractivity contribution in [3.63, 3.8) is 0 Å². The maximum atomic E-state index is 9.74. The van der Waals surface area contributed by atoms with Gasteiger partial charge in [-0.25, -0.2) is 0 Å². The zero-order valence-corrected chi connectivity index (χ0v) is 10.3. The van der Waals surface area contributed by atoms with Crippen LogP contribution in [0.4, 0.5) is 0 Å². The molecule has 0 saturated heterocycles. The quantitative estimate of drug-likeness (QED) is 0.855. The maximum absolute atomic E-state index is 9.74. The Bertz CT molecular complexity index is 331. The third kappa shape index (κ3) is 2.77. The van der Waals surface area contributed by atoms with Gasteiger partial charge in [0.15, 0.2) is 0 Å². The highest BCUT2D eigenvalue weighted by atomic mass is 35.5. The Hall–Kier alpha value is -0.440. The molecule has 0 aliphatic carbocycles. The van der Waals surface area contributed by atoms with Gasteiger partial charge in [-0.3, -0.25) is 0 Å². The summed E-state index contributed by atoms with van der Waals surface area (Å²) in [6, 6.07) is 2.80. The standard InChI is InChI=1S/C11H15Cl2NO/c1-3-6(2)11(14)10-8(13)4-7(12)5-9(10)15/h4-6,11,15H,3,14H2,1-2H3/t6?,11-/m0/s1. The Kier molecular flexibility index (Phi) is 4.26. The number of phenolic OH excluding ortho intramolecular Hbond substituents is 1. The topological polar surface area (TPSA) is 46.2 Å². The molecule has 84 valence electrons. The van der Waals surface area contributed by atoms with E-state index in [9.17, 15) is 5.11 Å². The van der Waals surface area contributed by atoms with Crippen molar-refractivity contribution in [1.29, 1.82) is 0 Å². The summed E-state index contributed by atoms with van der Waals surface area (Å²) in [6.45, 7) is 4.07. The molecule has 0 aliphatic rings. The Labute approximate surface area is 100.0 Å². The lowest BCUT2D eigenvalue weighted by Crippen LogP contribution is -2.19. The van der Waals surface area contributed by atoms with Gasteiger partial charge >= 0.3 is 0 Å². The molecule has 4 heteroatoms. The van der Waals surface area contributed by atoms with Crippen LogP contribution in [0, 0.1) is 5.92 Å². The summed E-state index contributed by atoms with van der Waals surface area (Å²) in [5, 5.41) is 10.6. The van der Waals surface area contributed by atoms with E-state index in [1.807, 2.05) is 13.8 Å². The number of nitrogens with two attached hydrogens (primary N) is 1. The second-order valence-electron chi connectivity index (χ2n) is 3.73. The van der Waals surface area contributed by atoms with E-state index in [1.165, 1.54) is 6.07 Å². The molecule has 0 bridgehead atoms. The Balaban J connectivity index is 3.13. The summed E-state index contributed by atoms with van der Waals surface area (Å²) in [6.07, 6.45) is 0.930. The molecule has 3 N–H and O–H groups in total. The summed E-state index contributed by atoms with van der Waals surface area (Å²) in [7, 11) is 0. The van der Waals surface area contributed by atoms with Crippen molar-refractivity contribution in [2.45, 2.75) is 26.3 Å². The zero-order chi connectivity index (χ0) is 11.6. The molecule has 0 fully saturated rings. The fourth-order valence-electron chi connectivity index (χ4n) is 1.44. The van der Waals surface area contributed by atoms with Gasteiger partial charge in [-0.2, -0.15) is 0 Å². The largest absolute Gasteiger partial charge is 0.508 e. The number of rotatable bonds is 3. The van der Waals surface area contributed by atoms with E-state index in [0.29, 0.717) is 15.6 Å². The lowest BCUT2D eigenvalue weighted by atomic mass is 9.93. The second kappa shape index (κ2) is 5.06. The number of phenols is 1. The second-order valence-corrected chi connectivity index (χ2v) is 4.58. The van der Waals surface area contributed by atoms with E-state index in [0.717, 1.165) is 6.42 Å². The molecule has 15 heavy (non-hydrogen) atoms. The van der Waals surface area contributed by atoms with Crippen LogP contribution >= 0.6 is 23.2 Å². The normalized spacial score (nSPS) is 15.0. The smallest absolute Gasteiger partial charge is 0.123 e. The molecule has 1 aromatic rings. The fraction of sp³-hybridized carbons (Fsp3) is 0.455. The molecule has 2 nitrogen and oxygen atoms in total. The van der Waals surface area contributed by atoms with E-state index in [-0.39, 0.29) is 17.7 Å². The van der Waals surface area contributed by atoms with Crippen LogP contribution in [0.2, 0.25) is 10.0 Å². The minimum absolute atomic E-state index is 0.0697. The molecular weight excluding hydrogens is 233 g/mol. The number of hydrogen-bond donors (Lipinski definition) is 2. The highest BCUT2D eigenvalue weighted by Crippen LogP contribution is 2.37. The molecule has 0 amide bonds. The van der Waals surface area contributed by atoms with Gasteiger partial charge in [0, 0.05) is 16.6 Å². The van der Waals surface area contributed by atoms with E-state index in [2.05, 4.69) is 0 Å². The van der Waals surface area contributed by atoms with E-state index in [4.69, 9.17) is 28.9 Å². The van der Waals surface area contributed by atoms with Crippen molar-refractivity contribution in [3.05, 3.63) is 27.7 Å². The molecule has 2 atom stereocenters. The highest BCUT2D eigenvalue weighted by Gasteiger charge is 2.20. The predicted octanol–water partition coefficient (Wildman–Crippen LogP) is 3.74. The van der Waals surface area contributed by atoms with Crippen LogP contribution in [-0.4, -0.2) is 5.11 Å². The summed E-state index contributed by atoms with van der Waals surface area (Å²) >= 11 is 11.8. The summed E-state index contributed by atoms with van der Waals surface area (Å²) in [5.41, 5.74) is 6.59. The van der Waals surface area contributed by atoms with Crippen molar-refractivity contribution >= 4 is 23.2 Å². The number of halogens is 2. The number of benzene rings is 1. The third-order valence-electron chi connectivity index (χ3n) is 2.66. The van der Waals surface area contributed by atoms with Crippen LogP contribution in [0.25, 0.3) is 0 Å². The molecule has 0 radical (unpaired) electrons. The van der Waals surface area contributed by atoms with Crippen molar-refractivity contribution in [3.8, 4) is 5.75 Å². The first-order chi connectivity index (χ1) is 6.97. The van der Waals surface area contributed by atoms with E-state index in [1.54, 1.807) is 6.07 Å². The first kappa shape index (κ1) is 12.6.